The van der Waals surface area contributed by atoms with Crippen LogP contribution in [0.1, 0.15) is 40.0 Å². The van der Waals surface area contributed by atoms with Gasteiger partial charge in [0.15, 0.2) is 0 Å². The van der Waals surface area contributed by atoms with Gasteiger partial charge >= 0.3 is 5.97 Å². The molecule has 5 nitrogen and oxygen atoms in total. The number of hydrogen-bond donors (Lipinski definition) is 3. The number of rotatable bonds is 9. The van der Waals surface area contributed by atoms with E-state index < -0.39 is 12.0 Å². The molecular weight excluding hydrogens is 252 g/mol. The van der Waals surface area contributed by atoms with Crippen LogP contribution in [0.3, 0.4) is 0 Å². The maximum Gasteiger partial charge on any atom is 0.320 e. The van der Waals surface area contributed by atoms with Crippen LogP contribution in [-0.2, 0) is 9.59 Å². The van der Waals surface area contributed by atoms with Gasteiger partial charge < -0.3 is 16.2 Å². The van der Waals surface area contributed by atoms with E-state index in [0.29, 0.717) is 12.2 Å². The van der Waals surface area contributed by atoms with E-state index in [1.165, 1.54) is 11.8 Å². The number of hydrogen-bond acceptors (Lipinski definition) is 4. The number of carbonyl (C=O) groups is 2. The third kappa shape index (κ3) is 6.86. The summed E-state index contributed by atoms with van der Waals surface area (Å²) in [6, 6.07) is -0.617. The second-order valence-electron chi connectivity index (χ2n) is 4.27. The molecule has 0 bridgehead atoms. The number of carboxylic acids is 1. The first kappa shape index (κ1) is 17.2. The summed E-state index contributed by atoms with van der Waals surface area (Å²) in [5, 5.41) is 11.4. The van der Waals surface area contributed by atoms with Crippen molar-refractivity contribution in [3.8, 4) is 0 Å². The quantitative estimate of drug-likeness (QED) is 0.589. The number of carboxylic acid groups (broad SMARTS) is 1. The molecule has 106 valence electrons. The Bertz CT molecular complexity index is 270. The molecule has 0 aromatic rings. The zero-order chi connectivity index (χ0) is 14.1. The Hall–Kier alpha value is -0.750. The standard InChI is InChI=1S/C12H24N2O3S/c1-4-9(5-2)14-11(15)8(3)18-7-6-10(13)12(16)17/h8-10H,4-7,13H2,1-3H3,(H,14,15)(H,16,17). The summed E-state index contributed by atoms with van der Waals surface area (Å²) < 4.78 is 0. The molecule has 0 aromatic heterocycles. The van der Waals surface area contributed by atoms with Crippen LogP contribution in [0, 0.1) is 0 Å². The predicted octanol–water partition coefficient (Wildman–Crippen LogP) is 1.21. The molecule has 0 aromatic carbocycles. The van der Waals surface area contributed by atoms with Gasteiger partial charge in [0.1, 0.15) is 6.04 Å². The molecule has 2 atom stereocenters. The summed E-state index contributed by atoms with van der Waals surface area (Å²) in [4.78, 5) is 22.3. The van der Waals surface area contributed by atoms with Crippen molar-refractivity contribution in [1.29, 1.82) is 0 Å². The molecule has 0 heterocycles. The molecule has 4 N–H and O–H groups in total. The van der Waals surface area contributed by atoms with Crippen LogP contribution in [0.5, 0.6) is 0 Å². The summed E-state index contributed by atoms with van der Waals surface area (Å²) in [7, 11) is 0. The highest BCUT2D eigenvalue weighted by Gasteiger charge is 2.17. The number of nitrogens with one attached hydrogen (secondary N) is 1. The monoisotopic (exact) mass is 276 g/mol. The fourth-order valence-electron chi connectivity index (χ4n) is 1.38. The van der Waals surface area contributed by atoms with E-state index in [-0.39, 0.29) is 17.2 Å². The minimum absolute atomic E-state index is 0.0117. The fourth-order valence-corrected chi connectivity index (χ4v) is 2.35. The highest BCUT2D eigenvalue weighted by Crippen LogP contribution is 2.13. The van der Waals surface area contributed by atoms with Gasteiger partial charge in [-0.1, -0.05) is 13.8 Å². The van der Waals surface area contributed by atoms with Gasteiger partial charge in [0.05, 0.1) is 5.25 Å². The Morgan fingerprint density at radius 2 is 1.89 bits per heavy atom. The lowest BCUT2D eigenvalue weighted by Gasteiger charge is -2.18. The summed E-state index contributed by atoms with van der Waals surface area (Å²) in [5.41, 5.74) is 5.39. The fraction of sp³-hybridized carbons (Fsp3) is 0.833. The number of thioether (sulfide) groups is 1. The van der Waals surface area contributed by atoms with E-state index in [4.69, 9.17) is 10.8 Å². The molecule has 0 aliphatic rings. The lowest BCUT2D eigenvalue weighted by Crippen LogP contribution is -2.39. The molecular formula is C12H24N2O3S. The third-order valence-electron chi connectivity index (χ3n) is 2.82. The van der Waals surface area contributed by atoms with Gasteiger partial charge in [-0.2, -0.15) is 0 Å². The van der Waals surface area contributed by atoms with Gasteiger partial charge in [0.2, 0.25) is 5.91 Å². The lowest BCUT2D eigenvalue weighted by molar-refractivity contribution is -0.138. The van der Waals surface area contributed by atoms with Gasteiger partial charge in [-0.05, 0) is 31.9 Å². The van der Waals surface area contributed by atoms with Gasteiger partial charge in [-0.15, -0.1) is 11.8 Å². The van der Waals surface area contributed by atoms with E-state index in [0.717, 1.165) is 12.8 Å². The average molecular weight is 276 g/mol. The molecule has 0 aliphatic heterocycles. The molecule has 6 heteroatoms. The van der Waals surface area contributed by atoms with Crippen LogP contribution in [-0.4, -0.2) is 40.1 Å². The molecule has 18 heavy (non-hydrogen) atoms. The predicted molar refractivity (Wildman–Crippen MR) is 74.7 cm³/mol. The summed E-state index contributed by atoms with van der Waals surface area (Å²) in [6.07, 6.45) is 2.22. The normalized spacial score (nSPS) is 14.3. The summed E-state index contributed by atoms with van der Waals surface area (Å²) in [5.74, 6) is -0.410. The molecule has 0 spiro atoms. The Morgan fingerprint density at radius 1 is 1.33 bits per heavy atom. The number of nitrogens with two attached hydrogens (primary N) is 1. The molecule has 0 rings (SSSR count). The first-order valence-electron chi connectivity index (χ1n) is 6.32. The lowest BCUT2D eigenvalue weighted by atomic mass is 10.2. The van der Waals surface area contributed by atoms with Crippen molar-refractivity contribution in [2.24, 2.45) is 5.73 Å². The molecule has 1 amide bonds. The number of aliphatic carboxylic acids is 1. The largest absolute Gasteiger partial charge is 0.480 e. The minimum Gasteiger partial charge on any atom is -0.480 e. The van der Waals surface area contributed by atoms with Crippen molar-refractivity contribution in [1.82, 2.24) is 5.32 Å². The zero-order valence-corrected chi connectivity index (χ0v) is 12.1. The second-order valence-corrected chi connectivity index (χ2v) is 5.72. The van der Waals surface area contributed by atoms with Crippen molar-refractivity contribution >= 4 is 23.6 Å². The third-order valence-corrected chi connectivity index (χ3v) is 4.00. The van der Waals surface area contributed by atoms with E-state index in [9.17, 15) is 9.59 Å². The van der Waals surface area contributed by atoms with Crippen molar-refractivity contribution < 1.29 is 14.7 Å². The first-order chi connectivity index (χ1) is 8.42. The van der Waals surface area contributed by atoms with Crippen molar-refractivity contribution in [2.45, 2.75) is 57.4 Å². The summed E-state index contributed by atoms with van der Waals surface area (Å²) in [6.45, 7) is 5.91. The maximum absolute atomic E-state index is 11.8. The van der Waals surface area contributed by atoms with Gasteiger partial charge in [-0.3, -0.25) is 9.59 Å². The highest BCUT2D eigenvalue weighted by atomic mass is 32.2. The molecule has 0 aliphatic carbocycles. The second kappa shape index (κ2) is 9.22. The SMILES string of the molecule is CCC(CC)NC(=O)C(C)SCCC(N)C(=O)O. The molecule has 0 radical (unpaired) electrons. The van der Waals surface area contributed by atoms with Gasteiger partial charge in [-0.25, -0.2) is 0 Å². The highest BCUT2D eigenvalue weighted by molar-refractivity contribution is 8.00. The number of amides is 1. The summed E-state index contributed by atoms with van der Waals surface area (Å²) >= 11 is 1.44. The van der Waals surface area contributed by atoms with Gasteiger partial charge in [0, 0.05) is 6.04 Å². The van der Waals surface area contributed by atoms with E-state index in [1.54, 1.807) is 0 Å². The first-order valence-corrected chi connectivity index (χ1v) is 7.37. The molecule has 0 saturated heterocycles. The van der Waals surface area contributed by atoms with E-state index in [2.05, 4.69) is 5.32 Å². The molecule has 0 fully saturated rings. The Kier molecular flexibility index (Phi) is 8.83. The Balaban J connectivity index is 3.91. The Labute approximate surface area is 113 Å². The van der Waals surface area contributed by atoms with Crippen LogP contribution in [0.25, 0.3) is 0 Å². The van der Waals surface area contributed by atoms with Crippen LogP contribution in [0.15, 0.2) is 0 Å². The van der Waals surface area contributed by atoms with Crippen molar-refractivity contribution in [3.63, 3.8) is 0 Å². The van der Waals surface area contributed by atoms with E-state index >= 15 is 0 Å². The molecule has 0 saturated carbocycles. The van der Waals surface area contributed by atoms with Crippen LogP contribution >= 0.6 is 11.8 Å². The van der Waals surface area contributed by atoms with Crippen molar-refractivity contribution in [3.05, 3.63) is 0 Å². The van der Waals surface area contributed by atoms with Crippen LogP contribution < -0.4 is 11.1 Å². The Morgan fingerprint density at radius 3 is 2.33 bits per heavy atom. The topological polar surface area (TPSA) is 92.4 Å². The van der Waals surface area contributed by atoms with Crippen LogP contribution in [0.2, 0.25) is 0 Å². The minimum atomic E-state index is -0.996. The van der Waals surface area contributed by atoms with E-state index in [1.807, 2.05) is 20.8 Å². The zero-order valence-electron chi connectivity index (χ0n) is 11.3. The number of carbonyl (C=O) groups excluding carboxylic acids is 1. The average Bonchev–Trinajstić information content (AvgIpc) is 2.34. The molecule has 2 unspecified atom stereocenters. The maximum atomic E-state index is 11.8. The van der Waals surface area contributed by atoms with Gasteiger partial charge in [0.25, 0.3) is 0 Å². The van der Waals surface area contributed by atoms with Crippen LogP contribution in [0.4, 0.5) is 0 Å². The smallest absolute Gasteiger partial charge is 0.320 e. The van der Waals surface area contributed by atoms with Crippen molar-refractivity contribution in [2.75, 3.05) is 5.75 Å².